The Bertz CT molecular complexity index is 1320. The molecular weight excluding hydrogens is 394 g/mol. The van der Waals surface area contributed by atoms with Crippen LogP contribution in [0.4, 0.5) is 0 Å². The lowest BCUT2D eigenvalue weighted by molar-refractivity contribution is -0.124. The van der Waals surface area contributed by atoms with E-state index in [-0.39, 0.29) is 24.5 Å². The molecule has 0 saturated heterocycles. The van der Waals surface area contributed by atoms with Crippen LogP contribution in [0.2, 0.25) is 0 Å². The predicted molar refractivity (Wildman–Crippen MR) is 119 cm³/mol. The number of amides is 1. The van der Waals surface area contributed by atoms with Gasteiger partial charge in [-0.1, -0.05) is 26.0 Å². The van der Waals surface area contributed by atoms with Crippen molar-refractivity contribution < 1.29 is 13.9 Å². The van der Waals surface area contributed by atoms with Crippen LogP contribution in [0.25, 0.3) is 22.0 Å². The second-order valence-corrected chi connectivity index (χ2v) is 8.00. The number of rotatable bonds is 6. The largest absolute Gasteiger partial charge is 0.484 e. The van der Waals surface area contributed by atoms with Gasteiger partial charge in [0.2, 0.25) is 0 Å². The highest BCUT2D eigenvalue weighted by atomic mass is 16.5. The van der Waals surface area contributed by atoms with Gasteiger partial charge in [0.15, 0.2) is 6.61 Å². The zero-order valence-electron chi connectivity index (χ0n) is 18.0. The van der Waals surface area contributed by atoms with Crippen molar-refractivity contribution in [2.75, 3.05) is 6.61 Å². The molecule has 0 fully saturated rings. The lowest BCUT2D eigenvalue weighted by Crippen LogP contribution is -2.36. The van der Waals surface area contributed by atoms with Crippen LogP contribution in [0, 0.1) is 12.8 Å². The number of ether oxygens (including phenoxy) is 1. The number of carbonyl (C=O) groups is 1. The van der Waals surface area contributed by atoms with Gasteiger partial charge in [0.25, 0.3) is 5.91 Å². The van der Waals surface area contributed by atoms with Crippen molar-refractivity contribution in [2.24, 2.45) is 13.0 Å². The molecule has 4 rings (SSSR count). The molecule has 0 radical (unpaired) electrons. The molecule has 0 aliphatic carbocycles. The molecule has 160 valence electrons. The SMILES string of the molecule is Cc1cc(=O)oc2cc(OCC(=O)N[C@H](c3nc4ccccc4n3C)C(C)C)ccc12. The molecule has 0 unspecified atom stereocenters. The summed E-state index contributed by atoms with van der Waals surface area (Å²) >= 11 is 0. The molecule has 2 aromatic carbocycles. The minimum absolute atomic E-state index is 0.136. The van der Waals surface area contributed by atoms with Crippen molar-refractivity contribution in [3.8, 4) is 5.75 Å². The van der Waals surface area contributed by atoms with Crippen LogP contribution in [0.5, 0.6) is 5.75 Å². The van der Waals surface area contributed by atoms with E-state index in [1.54, 1.807) is 12.1 Å². The molecule has 31 heavy (non-hydrogen) atoms. The van der Waals surface area contributed by atoms with E-state index in [9.17, 15) is 9.59 Å². The summed E-state index contributed by atoms with van der Waals surface area (Å²) in [6.07, 6.45) is 0. The molecule has 7 heteroatoms. The molecule has 2 aromatic heterocycles. The zero-order chi connectivity index (χ0) is 22.1. The number of benzene rings is 2. The molecular formula is C24H25N3O4. The van der Waals surface area contributed by atoms with Crippen LogP contribution >= 0.6 is 0 Å². The molecule has 0 bridgehead atoms. The summed E-state index contributed by atoms with van der Waals surface area (Å²) in [6.45, 7) is 5.77. The van der Waals surface area contributed by atoms with Crippen molar-refractivity contribution in [3.63, 3.8) is 0 Å². The van der Waals surface area contributed by atoms with Gasteiger partial charge in [-0.3, -0.25) is 4.79 Å². The first-order chi connectivity index (χ1) is 14.8. The number of aromatic nitrogens is 2. The standard InChI is InChI=1S/C24H25N3O4/c1-14(2)23(24-25-18-7-5-6-8-19(18)27(24)4)26-21(28)13-30-16-9-10-17-15(3)11-22(29)31-20(17)12-16/h5-12,14,23H,13H2,1-4H3,(H,26,28)/t23-/m0/s1. The Balaban J connectivity index is 1.49. The van der Waals surface area contributed by atoms with Crippen molar-refractivity contribution in [2.45, 2.75) is 26.8 Å². The molecule has 2 heterocycles. The smallest absolute Gasteiger partial charge is 0.336 e. The Labute approximate surface area is 179 Å². The lowest BCUT2D eigenvalue weighted by atomic mass is 10.0. The van der Waals surface area contributed by atoms with Gasteiger partial charge in [-0.05, 0) is 42.7 Å². The Morgan fingerprint density at radius 2 is 1.97 bits per heavy atom. The number of nitrogens with zero attached hydrogens (tertiary/aromatic N) is 2. The molecule has 0 aliphatic rings. The van der Waals surface area contributed by atoms with E-state index in [0.717, 1.165) is 27.8 Å². The average molecular weight is 419 g/mol. The van der Waals surface area contributed by atoms with E-state index in [2.05, 4.69) is 5.32 Å². The molecule has 0 spiro atoms. The van der Waals surface area contributed by atoms with Gasteiger partial charge in [0.1, 0.15) is 17.2 Å². The highest BCUT2D eigenvalue weighted by Gasteiger charge is 2.24. The maximum absolute atomic E-state index is 12.7. The van der Waals surface area contributed by atoms with Gasteiger partial charge in [-0.2, -0.15) is 0 Å². The van der Waals surface area contributed by atoms with Crippen LogP contribution < -0.4 is 15.7 Å². The third-order valence-electron chi connectivity index (χ3n) is 5.38. The van der Waals surface area contributed by atoms with E-state index in [1.807, 2.05) is 62.7 Å². The number of para-hydroxylation sites is 2. The van der Waals surface area contributed by atoms with Gasteiger partial charge in [-0.15, -0.1) is 0 Å². The first-order valence-corrected chi connectivity index (χ1v) is 10.2. The maximum atomic E-state index is 12.7. The monoisotopic (exact) mass is 419 g/mol. The van der Waals surface area contributed by atoms with Crippen LogP contribution in [0.3, 0.4) is 0 Å². The van der Waals surface area contributed by atoms with Gasteiger partial charge in [-0.25, -0.2) is 9.78 Å². The van der Waals surface area contributed by atoms with E-state index < -0.39 is 5.63 Å². The lowest BCUT2D eigenvalue weighted by Gasteiger charge is -2.22. The Hall–Kier alpha value is -3.61. The molecule has 1 atom stereocenters. The Morgan fingerprint density at radius 3 is 2.71 bits per heavy atom. The summed E-state index contributed by atoms with van der Waals surface area (Å²) in [5.74, 6) is 1.14. The van der Waals surface area contributed by atoms with Gasteiger partial charge in [0, 0.05) is 24.6 Å². The van der Waals surface area contributed by atoms with E-state index in [1.165, 1.54) is 6.07 Å². The van der Waals surface area contributed by atoms with Crippen molar-refractivity contribution in [1.29, 1.82) is 0 Å². The Morgan fingerprint density at radius 1 is 1.19 bits per heavy atom. The van der Waals surface area contributed by atoms with Gasteiger partial charge >= 0.3 is 5.63 Å². The van der Waals surface area contributed by atoms with Crippen molar-refractivity contribution in [3.05, 3.63) is 70.3 Å². The summed E-state index contributed by atoms with van der Waals surface area (Å²) in [6, 6.07) is 14.3. The number of imidazole rings is 1. The number of hydrogen-bond acceptors (Lipinski definition) is 5. The molecule has 0 aliphatic heterocycles. The molecule has 1 amide bonds. The maximum Gasteiger partial charge on any atom is 0.336 e. The topological polar surface area (TPSA) is 86.4 Å². The third kappa shape index (κ3) is 4.17. The predicted octanol–water partition coefficient (Wildman–Crippen LogP) is 3.88. The van der Waals surface area contributed by atoms with E-state index in [4.69, 9.17) is 14.1 Å². The highest BCUT2D eigenvalue weighted by Crippen LogP contribution is 2.25. The fourth-order valence-electron chi connectivity index (χ4n) is 3.73. The first-order valence-electron chi connectivity index (χ1n) is 10.2. The normalized spacial score (nSPS) is 12.4. The second kappa shape index (κ2) is 8.26. The summed E-state index contributed by atoms with van der Waals surface area (Å²) in [5.41, 5.74) is 2.76. The molecule has 1 N–H and O–H groups in total. The molecule has 4 aromatic rings. The first kappa shape index (κ1) is 20.7. The summed E-state index contributed by atoms with van der Waals surface area (Å²) < 4.78 is 12.9. The summed E-state index contributed by atoms with van der Waals surface area (Å²) in [5, 5.41) is 3.87. The number of carbonyl (C=O) groups excluding carboxylic acids is 1. The average Bonchev–Trinajstić information content (AvgIpc) is 3.06. The van der Waals surface area contributed by atoms with Gasteiger partial charge in [0.05, 0.1) is 17.1 Å². The summed E-state index contributed by atoms with van der Waals surface area (Å²) in [4.78, 5) is 29.0. The summed E-state index contributed by atoms with van der Waals surface area (Å²) in [7, 11) is 1.95. The highest BCUT2D eigenvalue weighted by molar-refractivity contribution is 5.82. The van der Waals surface area contributed by atoms with Crippen molar-refractivity contribution in [1.82, 2.24) is 14.9 Å². The zero-order valence-corrected chi connectivity index (χ0v) is 18.0. The number of aryl methyl sites for hydroxylation is 2. The van der Waals surface area contributed by atoms with E-state index >= 15 is 0 Å². The quantitative estimate of drug-likeness (QED) is 0.479. The minimum Gasteiger partial charge on any atom is -0.484 e. The van der Waals surface area contributed by atoms with Crippen molar-refractivity contribution >= 4 is 27.9 Å². The fraction of sp³-hybridized carbons (Fsp3) is 0.292. The van der Waals surface area contributed by atoms with Crippen LogP contribution in [0.15, 0.2) is 57.7 Å². The van der Waals surface area contributed by atoms with Crippen LogP contribution in [-0.2, 0) is 11.8 Å². The number of hydrogen-bond donors (Lipinski definition) is 1. The molecule has 0 saturated carbocycles. The van der Waals surface area contributed by atoms with Gasteiger partial charge < -0.3 is 19.0 Å². The second-order valence-electron chi connectivity index (χ2n) is 8.00. The Kier molecular flexibility index (Phi) is 5.50. The third-order valence-corrected chi connectivity index (χ3v) is 5.38. The number of fused-ring (bicyclic) bond motifs is 2. The van der Waals surface area contributed by atoms with E-state index in [0.29, 0.717) is 11.3 Å². The number of nitrogens with one attached hydrogen (secondary N) is 1. The minimum atomic E-state index is -0.415. The van der Waals surface area contributed by atoms with Crippen LogP contribution in [-0.4, -0.2) is 22.1 Å². The molecule has 7 nitrogen and oxygen atoms in total. The van der Waals surface area contributed by atoms with Crippen LogP contribution in [0.1, 0.15) is 31.3 Å². The fourth-order valence-corrected chi connectivity index (χ4v) is 3.73.